The van der Waals surface area contributed by atoms with Gasteiger partial charge in [-0.1, -0.05) is 12.1 Å². The second-order valence-corrected chi connectivity index (χ2v) is 5.11. The molecule has 2 N–H and O–H groups in total. The number of carbonyl (C=O) groups is 2. The Hall–Kier alpha value is -3.42. The van der Waals surface area contributed by atoms with Gasteiger partial charge in [-0.15, -0.1) is 0 Å². The number of hydrazone groups is 1. The van der Waals surface area contributed by atoms with E-state index in [1.54, 1.807) is 24.3 Å². The van der Waals surface area contributed by atoms with Gasteiger partial charge in [0.05, 0.1) is 26.1 Å². The SMILES string of the molecule is COc1ccc(C=NNC(=O)CC(=O)Nc2ccccc2F)cc1OC. The average Bonchev–Trinajstić information content (AvgIpc) is 2.63. The largest absolute Gasteiger partial charge is 0.493 e. The Morgan fingerprint density at radius 1 is 1.08 bits per heavy atom. The smallest absolute Gasteiger partial charge is 0.249 e. The number of ether oxygens (including phenoxy) is 2. The number of para-hydroxylation sites is 1. The van der Waals surface area contributed by atoms with Gasteiger partial charge >= 0.3 is 0 Å². The highest BCUT2D eigenvalue weighted by molar-refractivity contribution is 6.03. The molecule has 0 aliphatic heterocycles. The Balaban J connectivity index is 1.87. The monoisotopic (exact) mass is 359 g/mol. The van der Waals surface area contributed by atoms with Gasteiger partial charge in [0.15, 0.2) is 11.5 Å². The normalized spacial score (nSPS) is 10.4. The van der Waals surface area contributed by atoms with Crippen molar-refractivity contribution in [3.05, 3.63) is 53.8 Å². The maximum atomic E-state index is 13.4. The zero-order chi connectivity index (χ0) is 18.9. The molecule has 26 heavy (non-hydrogen) atoms. The molecule has 7 nitrogen and oxygen atoms in total. The van der Waals surface area contributed by atoms with Gasteiger partial charge < -0.3 is 14.8 Å². The summed E-state index contributed by atoms with van der Waals surface area (Å²) < 4.78 is 23.7. The third-order valence-corrected chi connectivity index (χ3v) is 3.28. The van der Waals surface area contributed by atoms with Crippen molar-refractivity contribution in [1.29, 1.82) is 0 Å². The molecule has 2 amide bonds. The molecule has 2 aromatic carbocycles. The summed E-state index contributed by atoms with van der Waals surface area (Å²) in [7, 11) is 3.03. The van der Waals surface area contributed by atoms with Crippen LogP contribution in [0.4, 0.5) is 10.1 Å². The van der Waals surface area contributed by atoms with Crippen molar-refractivity contribution < 1.29 is 23.5 Å². The first-order chi connectivity index (χ1) is 12.5. The molecule has 0 spiro atoms. The molecule has 136 valence electrons. The minimum atomic E-state index is -0.645. The van der Waals surface area contributed by atoms with Gasteiger partial charge in [0.1, 0.15) is 12.2 Å². The Morgan fingerprint density at radius 2 is 1.81 bits per heavy atom. The van der Waals surface area contributed by atoms with Crippen LogP contribution in [0.15, 0.2) is 47.6 Å². The number of nitrogens with one attached hydrogen (secondary N) is 2. The molecule has 0 saturated heterocycles. The molecule has 2 aromatic rings. The maximum Gasteiger partial charge on any atom is 0.249 e. The number of carbonyl (C=O) groups excluding carboxylic acids is 2. The van der Waals surface area contributed by atoms with Crippen LogP contribution in [0, 0.1) is 5.82 Å². The predicted molar refractivity (Wildman–Crippen MR) is 94.9 cm³/mol. The van der Waals surface area contributed by atoms with Crippen LogP contribution in [0.25, 0.3) is 0 Å². The lowest BCUT2D eigenvalue weighted by Gasteiger charge is -2.07. The van der Waals surface area contributed by atoms with Crippen molar-refractivity contribution in [2.45, 2.75) is 6.42 Å². The number of amides is 2. The lowest BCUT2D eigenvalue weighted by molar-refractivity contribution is -0.126. The zero-order valence-electron chi connectivity index (χ0n) is 14.3. The number of rotatable bonds is 7. The summed E-state index contributed by atoms with van der Waals surface area (Å²) in [4.78, 5) is 23.5. The van der Waals surface area contributed by atoms with Gasteiger partial charge in [-0.25, -0.2) is 9.82 Å². The van der Waals surface area contributed by atoms with E-state index in [9.17, 15) is 14.0 Å². The van der Waals surface area contributed by atoms with Gasteiger partial charge in [0.25, 0.3) is 0 Å². The highest BCUT2D eigenvalue weighted by Gasteiger charge is 2.11. The molecule has 0 heterocycles. The van der Waals surface area contributed by atoms with Gasteiger partial charge in [-0.3, -0.25) is 9.59 Å². The van der Waals surface area contributed by atoms with E-state index in [-0.39, 0.29) is 5.69 Å². The molecule has 8 heteroatoms. The number of benzene rings is 2. The van der Waals surface area contributed by atoms with E-state index in [4.69, 9.17) is 9.47 Å². The Kier molecular flexibility index (Phi) is 6.67. The molecule has 0 aliphatic rings. The molecule has 0 aliphatic carbocycles. The van der Waals surface area contributed by atoms with Crippen LogP contribution in [0.5, 0.6) is 11.5 Å². The quantitative estimate of drug-likeness (QED) is 0.451. The molecule has 2 rings (SSSR count). The molecule has 0 unspecified atom stereocenters. The van der Waals surface area contributed by atoms with Crippen molar-refractivity contribution in [2.24, 2.45) is 5.10 Å². The zero-order valence-corrected chi connectivity index (χ0v) is 14.3. The van der Waals surface area contributed by atoms with Gasteiger partial charge in [0, 0.05) is 0 Å². The van der Waals surface area contributed by atoms with Crippen LogP contribution in [-0.2, 0) is 9.59 Å². The molecular weight excluding hydrogens is 341 g/mol. The van der Waals surface area contributed by atoms with Crippen LogP contribution < -0.4 is 20.2 Å². The molecule has 0 radical (unpaired) electrons. The summed E-state index contributed by atoms with van der Waals surface area (Å²) in [6.07, 6.45) is 0.909. The Morgan fingerprint density at radius 3 is 2.50 bits per heavy atom. The van der Waals surface area contributed by atoms with E-state index in [0.29, 0.717) is 17.1 Å². The lowest BCUT2D eigenvalue weighted by atomic mass is 10.2. The second-order valence-electron chi connectivity index (χ2n) is 5.11. The molecule has 0 fully saturated rings. The molecule has 0 bridgehead atoms. The van der Waals surface area contributed by atoms with E-state index in [0.717, 1.165) is 0 Å². The van der Waals surface area contributed by atoms with Crippen LogP contribution in [-0.4, -0.2) is 32.2 Å². The van der Waals surface area contributed by atoms with Crippen molar-refractivity contribution in [3.8, 4) is 11.5 Å². The molecular formula is C18H18FN3O4. The minimum absolute atomic E-state index is 0.0131. The van der Waals surface area contributed by atoms with Crippen molar-refractivity contribution in [2.75, 3.05) is 19.5 Å². The summed E-state index contributed by atoms with van der Waals surface area (Å²) in [6, 6.07) is 10.8. The summed E-state index contributed by atoms with van der Waals surface area (Å²) in [5.74, 6) is -0.761. The highest BCUT2D eigenvalue weighted by Crippen LogP contribution is 2.26. The van der Waals surface area contributed by atoms with Crippen LogP contribution in [0.1, 0.15) is 12.0 Å². The minimum Gasteiger partial charge on any atom is -0.493 e. The number of anilines is 1. The van der Waals surface area contributed by atoms with Gasteiger partial charge in [-0.05, 0) is 35.9 Å². The standard InChI is InChI=1S/C18H18FN3O4/c1-25-15-8-7-12(9-16(15)26-2)11-20-22-18(24)10-17(23)21-14-6-4-3-5-13(14)19/h3-9,11H,10H2,1-2H3,(H,21,23)(H,22,24). The van der Waals surface area contributed by atoms with E-state index in [1.807, 2.05) is 0 Å². The van der Waals surface area contributed by atoms with E-state index >= 15 is 0 Å². The van der Waals surface area contributed by atoms with E-state index in [2.05, 4.69) is 15.8 Å². The fourth-order valence-electron chi connectivity index (χ4n) is 2.05. The number of hydrogen-bond donors (Lipinski definition) is 2. The van der Waals surface area contributed by atoms with Crippen molar-refractivity contribution in [3.63, 3.8) is 0 Å². The van der Waals surface area contributed by atoms with Crippen molar-refractivity contribution in [1.82, 2.24) is 5.43 Å². The summed E-state index contributed by atoms with van der Waals surface area (Å²) >= 11 is 0. The fraction of sp³-hybridized carbons (Fsp3) is 0.167. The number of hydrogen-bond acceptors (Lipinski definition) is 5. The van der Waals surface area contributed by atoms with Crippen LogP contribution in [0.2, 0.25) is 0 Å². The molecule has 0 atom stereocenters. The highest BCUT2D eigenvalue weighted by atomic mass is 19.1. The first kappa shape index (κ1) is 18.9. The van der Waals surface area contributed by atoms with Gasteiger partial charge in [0.2, 0.25) is 11.8 Å². The average molecular weight is 359 g/mol. The van der Waals surface area contributed by atoms with E-state index in [1.165, 1.54) is 38.6 Å². The molecule has 0 aromatic heterocycles. The summed E-state index contributed by atoms with van der Waals surface area (Å²) in [5.41, 5.74) is 2.91. The number of halogens is 1. The maximum absolute atomic E-state index is 13.4. The third kappa shape index (κ3) is 5.30. The summed E-state index contributed by atoms with van der Waals surface area (Å²) in [5, 5.41) is 6.09. The second kappa shape index (κ2) is 9.16. The first-order valence-electron chi connectivity index (χ1n) is 7.61. The lowest BCUT2D eigenvalue weighted by Crippen LogP contribution is -2.24. The van der Waals surface area contributed by atoms with Crippen molar-refractivity contribution >= 4 is 23.7 Å². The topological polar surface area (TPSA) is 89.0 Å². The third-order valence-electron chi connectivity index (χ3n) is 3.28. The first-order valence-corrected chi connectivity index (χ1v) is 7.61. The molecule has 0 saturated carbocycles. The Bertz CT molecular complexity index is 824. The van der Waals surface area contributed by atoms with Crippen LogP contribution in [0.3, 0.4) is 0 Å². The Labute approximate surface area is 149 Å². The summed E-state index contributed by atoms with van der Waals surface area (Å²) in [6.45, 7) is 0. The number of nitrogens with zero attached hydrogens (tertiary/aromatic N) is 1. The van der Waals surface area contributed by atoms with E-state index < -0.39 is 24.1 Å². The van der Waals surface area contributed by atoms with Crippen LogP contribution >= 0.6 is 0 Å². The van der Waals surface area contributed by atoms with Gasteiger partial charge in [-0.2, -0.15) is 5.10 Å². The fourth-order valence-corrected chi connectivity index (χ4v) is 2.05. The number of methoxy groups -OCH3 is 2. The predicted octanol–water partition coefficient (Wildman–Crippen LogP) is 2.32.